The van der Waals surface area contributed by atoms with Crippen molar-refractivity contribution in [3.63, 3.8) is 0 Å². The number of hydrogen-bond acceptors (Lipinski definition) is 3. The summed E-state index contributed by atoms with van der Waals surface area (Å²) in [5.74, 6) is 2.03. The minimum atomic E-state index is -0.278. The molecule has 0 atom stereocenters. The van der Waals surface area contributed by atoms with E-state index in [2.05, 4.69) is 4.98 Å². The Kier molecular flexibility index (Phi) is 3.22. The quantitative estimate of drug-likeness (QED) is 0.867. The number of aromatic amines is 1. The largest absolute Gasteiger partial charge is 0.329 e. The van der Waals surface area contributed by atoms with Crippen LogP contribution in [0.5, 0.6) is 0 Å². The van der Waals surface area contributed by atoms with Gasteiger partial charge in [-0.15, -0.1) is 0 Å². The summed E-state index contributed by atoms with van der Waals surface area (Å²) in [6.45, 7) is 1.91. The summed E-state index contributed by atoms with van der Waals surface area (Å²) in [5, 5.41) is 0.639. The first-order valence-corrected chi connectivity index (χ1v) is 7.66. The van der Waals surface area contributed by atoms with Crippen LogP contribution in [-0.4, -0.2) is 21.1 Å². The van der Waals surface area contributed by atoms with Crippen molar-refractivity contribution in [1.82, 2.24) is 9.55 Å². The highest BCUT2D eigenvalue weighted by Gasteiger charge is 2.20. The van der Waals surface area contributed by atoms with Gasteiger partial charge in [-0.2, -0.15) is 11.8 Å². The summed E-state index contributed by atoms with van der Waals surface area (Å²) in [7, 11) is 0. The Balaban J connectivity index is 2.27. The van der Waals surface area contributed by atoms with Crippen LogP contribution < -0.4 is 11.2 Å². The van der Waals surface area contributed by atoms with Gasteiger partial charge in [0, 0.05) is 6.04 Å². The number of rotatable bonds is 1. The topological polar surface area (TPSA) is 54.9 Å². The molecule has 1 aromatic heterocycles. The predicted molar refractivity (Wildman–Crippen MR) is 79.2 cm³/mol. The molecule has 1 N–H and O–H groups in total. The number of hydrogen-bond donors (Lipinski definition) is 1. The SMILES string of the molecule is Cc1cccc2[nH]c(=O)n(C3CCSCC3)c(=O)c12. The van der Waals surface area contributed by atoms with Crippen LogP contribution in [0.2, 0.25) is 0 Å². The Labute approximate surface area is 114 Å². The van der Waals surface area contributed by atoms with Gasteiger partial charge in [0.2, 0.25) is 0 Å². The highest BCUT2D eigenvalue weighted by atomic mass is 32.2. The third-order valence-corrected chi connectivity index (χ3v) is 4.77. The molecule has 0 saturated carbocycles. The summed E-state index contributed by atoms with van der Waals surface area (Å²) >= 11 is 1.88. The lowest BCUT2D eigenvalue weighted by atomic mass is 10.1. The molecule has 1 fully saturated rings. The maximum Gasteiger partial charge on any atom is 0.329 e. The molecule has 0 spiro atoms. The van der Waals surface area contributed by atoms with Crippen LogP contribution in [0.4, 0.5) is 0 Å². The number of nitrogens with one attached hydrogen (secondary N) is 1. The van der Waals surface area contributed by atoms with E-state index in [9.17, 15) is 9.59 Å². The van der Waals surface area contributed by atoms with Crippen LogP contribution in [0.15, 0.2) is 27.8 Å². The lowest BCUT2D eigenvalue weighted by molar-refractivity contribution is 0.441. The Morgan fingerprint density at radius 2 is 2.00 bits per heavy atom. The summed E-state index contributed by atoms with van der Waals surface area (Å²) < 4.78 is 1.43. The Morgan fingerprint density at radius 3 is 2.74 bits per heavy atom. The van der Waals surface area contributed by atoms with Crippen molar-refractivity contribution < 1.29 is 0 Å². The molecule has 1 aromatic carbocycles. The molecule has 5 heteroatoms. The van der Waals surface area contributed by atoms with E-state index in [4.69, 9.17) is 0 Å². The van der Waals surface area contributed by atoms with E-state index in [1.165, 1.54) is 4.57 Å². The standard InChI is InChI=1S/C14H16N2O2S/c1-9-3-2-4-11-12(9)13(17)16(14(18)15-11)10-5-7-19-8-6-10/h2-4,10H,5-8H2,1H3,(H,15,18). The Bertz CT molecular complexity index is 726. The van der Waals surface area contributed by atoms with E-state index in [1.54, 1.807) is 6.07 Å². The molecule has 1 saturated heterocycles. The zero-order valence-electron chi connectivity index (χ0n) is 10.8. The van der Waals surface area contributed by atoms with Crippen LogP contribution in [0, 0.1) is 6.92 Å². The number of aromatic nitrogens is 2. The van der Waals surface area contributed by atoms with Gasteiger partial charge < -0.3 is 4.98 Å². The van der Waals surface area contributed by atoms with Crippen molar-refractivity contribution in [3.05, 3.63) is 44.6 Å². The Hall–Kier alpha value is -1.49. The van der Waals surface area contributed by atoms with E-state index >= 15 is 0 Å². The van der Waals surface area contributed by atoms with E-state index in [0.29, 0.717) is 10.9 Å². The first-order valence-electron chi connectivity index (χ1n) is 6.50. The fourth-order valence-electron chi connectivity index (χ4n) is 2.72. The van der Waals surface area contributed by atoms with Crippen molar-refractivity contribution in [2.75, 3.05) is 11.5 Å². The van der Waals surface area contributed by atoms with Gasteiger partial charge in [-0.1, -0.05) is 12.1 Å². The fraction of sp³-hybridized carbons (Fsp3) is 0.429. The summed E-state index contributed by atoms with van der Waals surface area (Å²) in [6, 6.07) is 5.59. The summed E-state index contributed by atoms with van der Waals surface area (Å²) in [5.41, 5.74) is 1.13. The number of H-pyrrole nitrogens is 1. The summed E-state index contributed by atoms with van der Waals surface area (Å²) in [6.07, 6.45) is 1.79. The van der Waals surface area contributed by atoms with Gasteiger partial charge in [0.1, 0.15) is 0 Å². The maximum atomic E-state index is 12.6. The molecule has 3 rings (SSSR count). The minimum absolute atomic E-state index is 0.0431. The smallest absolute Gasteiger partial charge is 0.307 e. The van der Waals surface area contributed by atoms with E-state index in [1.807, 2.05) is 30.8 Å². The number of thioether (sulfide) groups is 1. The molecule has 0 radical (unpaired) electrons. The molecule has 1 aliphatic heterocycles. The van der Waals surface area contributed by atoms with Crippen LogP contribution in [0.25, 0.3) is 10.9 Å². The molecular formula is C14H16N2O2S. The highest BCUT2D eigenvalue weighted by Crippen LogP contribution is 2.25. The summed E-state index contributed by atoms with van der Waals surface area (Å²) in [4.78, 5) is 27.6. The molecule has 1 aliphatic rings. The van der Waals surface area contributed by atoms with Gasteiger partial charge in [-0.25, -0.2) is 4.79 Å². The van der Waals surface area contributed by atoms with Crippen molar-refractivity contribution in [2.24, 2.45) is 0 Å². The molecule has 0 bridgehead atoms. The number of benzene rings is 1. The molecule has 0 unspecified atom stereocenters. The van der Waals surface area contributed by atoms with Crippen molar-refractivity contribution in [2.45, 2.75) is 25.8 Å². The van der Waals surface area contributed by atoms with Crippen molar-refractivity contribution >= 4 is 22.7 Å². The van der Waals surface area contributed by atoms with Crippen molar-refractivity contribution in [3.8, 4) is 0 Å². The normalized spacial score (nSPS) is 16.9. The molecule has 100 valence electrons. The van der Waals surface area contributed by atoms with Gasteiger partial charge in [0.15, 0.2) is 0 Å². The van der Waals surface area contributed by atoms with Gasteiger partial charge in [0.05, 0.1) is 10.9 Å². The van der Waals surface area contributed by atoms with E-state index < -0.39 is 0 Å². The van der Waals surface area contributed by atoms with Gasteiger partial charge in [-0.05, 0) is 42.9 Å². The third-order valence-electron chi connectivity index (χ3n) is 3.72. The van der Waals surface area contributed by atoms with Gasteiger partial charge in [0.25, 0.3) is 5.56 Å². The number of aryl methyl sites for hydroxylation is 1. The molecule has 0 aliphatic carbocycles. The van der Waals surface area contributed by atoms with E-state index in [0.717, 1.165) is 29.9 Å². The molecule has 19 heavy (non-hydrogen) atoms. The molecule has 2 heterocycles. The van der Waals surface area contributed by atoms with Gasteiger partial charge >= 0.3 is 5.69 Å². The fourth-order valence-corrected chi connectivity index (χ4v) is 3.80. The molecule has 4 nitrogen and oxygen atoms in total. The number of nitrogens with zero attached hydrogens (tertiary/aromatic N) is 1. The lowest BCUT2D eigenvalue weighted by Crippen LogP contribution is -2.39. The van der Waals surface area contributed by atoms with Crippen LogP contribution in [0.3, 0.4) is 0 Å². The van der Waals surface area contributed by atoms with Gasteiger partial charge in [-0.3, -0.25) is 9.36 Å². The second kappa shape index (κ2) is 4.89. The minimum Gasteiger partial charge on any atom is -0.307 e. The van der Waals surface area contributed by atoms with E-state index in [-0.39, 0.29) is 17.3 Å². The number of fused-ring (bicyclic) bond motifs is 1. The zero-order valence-corrected chi connectivity index (χ0v) is 11.6. The molecular weight excluding hydrogens is 260 g/mol. The molecule has 2 aromatic rings. The zero-order chi connectivity index (χ0) is 13.4. The first kappa shape index (κ1) is 12.5. The second-order valence-corrected chi connectivity index (χ2v) is 6.17. The average molecular weight is 276 g/mol. The van der Waals surface area contributed by atoms with Crippen LogP contribution in [-0.2, 0) is 0 Å². The van der Waals surface area contributed by atoms with Crippen molar-refractivity contribution in [1.29, 1.82) is 0 Å². The second-order valence-electron chi connectivity index (χ2n) is 4.95. The maximum absolute atomic E-state index is 12.6. The van der Waals surface area contributed by atoms with Crippen LogP contribution in [0.1, 0.15) is 24.4 Å². The third kappa shape index (κ3) is 2.12. The predicted octanol–water partition coefficient (Wildman–Crippen LogP) is 2.07. The Morgan fingerprint density at radius 1 is 1.26 bits per heavy atom. The highest BCUT2D eigenvalue weighted by molar-refractivity contribution is 7.99. The van der Waals surface area contributed by atoms with Crippen LogP contribution >= 0.6 is 11.8 Å². The lowest BCUT2D eigenvalue weighted by Gasteiger charge is -2.23. The molecule has 0 amide bonds. The average Bonchev–Trinajstić information content (AvgIpc) is 2.39. The monoisotopic (exact) mass is 276 g/mol. The first-order chi connectivity index (χ1) is 9.18.